The Morgan fingerprint density at radius 1 is 1.21 bits per heavy atom. The predicted molar refractivity (Wildman–Crippen MR) is 114 cm³/mol. The molecule has 1 N–H and O–H groups in total. The topological polar surface area (TPSA) is 84.2 Å². The van der Waals surface area contributed by atoms with Crippen molar-refractivity contribution in [1.29, 1.82) is 5.26 Å². The third-order valence-corrected chi connectivity index (χ3v) is 6.01. The minimum absolute atomic E-state index is 0.118. The predicted octanol–water partition coefficient (Wildman–Crippen LogP) is 4.62. The van der Waals surface area contributed by atoms with Gasteiger partial charge in [-0.05, 0) is 43.4 Å². The molecule has 0 aliphatic heterocycles. The molecule has 1 aliphatic carbocycles. The molecule has 1 amide bonds. The number of nitriles is 1. The van der Waals surface area contributed by atoms with E-state index in [0.717, 1.165) is 36.9 Å². The molecule has 1 aromatic carbocycles. The van der Waals surface area contributed by atoms with E-state index < -0.39 is 0 Å². The van der Waals surface area contributed by atoms with Crippen LogP contribution in [0.4, 0.5) is 5.69 Å². The summed E-state index contributed by atoms with van der Waals surface area (Å²) in [7, 11) is 3.02. The van der Waals surface area contributed by atoms with Gasteiger partial charge in [0.1, 0.15) is 22.6 Å². The van der Waals surface area contributed by atoms with E-state index in [-0.39, 0.29) is 11.7 Å². The largest absolute Gasteiger partial charge is 0.495 e. The summed E-state index contributed by atoms with van der Waals surface area (Å²) >= 11 is 7.41. The number of nitrogens with zero attached hydrogens (tertiary/aromatic N) is 2. The van der Waals surface area contributed by atoms with E-state index in [4.69, 9.17) is 26.1 Å². The van der Waals surface area contributed by atoms with Crippen LogP contribution in [-0.4, -0.2) is 30.9 Å². The van der Waals surface area contributed by atoms with Gasteiger partial charge < -0.3 is 14.8 Å². The zero-order valence-corrected chi connectivity index (χ0v) is 18.0. The van der Waals surface area contributed by atoms with Crippen molar-refractivity contribution in [3.05, 3.63) is 40.0 Å². The van der Waals surface area contributed by atoms with Gasteiger partial charge in [-0.25, -0.2) is 4.98 Å². The normalized spacial score (nSPS) is 13.0. The average Bonchev–Trinajstić information content (AvgIpc) is 2.96. The van der Waals surface area contributed by atoms with Crippen molar-refractivity contribution in [2.24, 2.45) is 0 Å². The number of halogens is 1. The Morgan fingerprint density at radius 3 is 2.69 bits per heavy atom. The molecule has 6 nitrogen and oxygen atoms in total. The minimum atomic E-state index is -0.241. The SMILES string of the molecule is COc1cc(OC)c(NC(=O)CSc2nc3c(cc2C#N)CCCCC3)cc1Cl. The number of hydrogen-bond donors (Lipinski definition) is 1. The summed E-state index contributed by atoms with van der Waals surface area (Å²) in [5, 5.41) is 13.3. The van der Waals surface area contributed by atoms with Crippen LogP contribution in [0.25, 0.3) is 0 Å². The lowest BCUT2D eigenvalue weighted by Crippen LogP contribution is -2.15. The molecule has 29 heavy (non-hydrogen) atoms. The summed E-state index contributed by atoms with van der Waals surface area (Å²) in [6, 6.07) is 7.35. The number of carbonyl (C=O) groups excluding carboxylic acids is 1. The van der Waals surface area contributed by atoms with Gasteiger partial charge in [-0.2, -0.15) is 5.26 Å². The molecule has 0 fully saturated rings. The average molecular weight is 432 g/mol. The number of ether oxygens (including phenoxy) is 2. The minimum Gasteiger partial charge on any atom is -0.495 e. The smallest absolute Gasteiger partial charge is 0.234 e. The van der Waals surface area contributed by atoms with Crippen LogP contribution in [0.15, 0.2) is 23.2 Å². The van der Waals surface area contributed by atoms with E-state index in [1.807, 2.05) is 6.07 Å². The van der Waals surface area contributed by atoms with Crippen LogP contribution >= 0.6 is 23.4 Å². The molecule has 0 radical (unpaired) electrons. The number of carbonyl (C=O) groups is 1. The van der Waals surface area contributed by atoms with E-state index in [9.17, 15) is 10.1 Å². The summed E-state index contributed by atoms with van der Waals surface area (Å²) in [5.41, 5.74) is 3.19. The fourth-order valence-corrected chi connectivity index (χ4v) is 4.28. The first kappa shape index (κ1) is 21.3. The maximum absolute atomic E-state index is 12.5. The second kappa shape index (κ2) is 9.86. The molecule has 8 heteroatoms. The summed E-state index contributed by atoms with van der Waals surface area (Å²) in [6.07, 6.45) is 5.29. The van der Waals surface area contributed by atoms with Crippen LogP contribution in [0.1, 0.15) is 36.1 Å². The van der Waals surface area contributed by atoms with Gasteiger partial charge in [0.2, 0.25) is 5.91 Å². The van der Waals surface area contributed by atoms with E-state index in [2.05, 4.69) is 11.4 Å². The van der Waals surface area contributed by atoms with Gasteiger partial charge in [-0.3, -0.25) is 4.79 Å². The van der Waals surface area contributed by atoms with Gasteiger partial charge in [-0.15, -0.1) is 0 Å². The molecule has 1 heterocycles. The number of thioether (sulfide) groups is 1. The number of methoxy groups -OCH3 is 2. The highest BCUT2D eigenvalue weighted by atomic mass is 35.5. The maximum atomic E-state index is 12.5. The van der Waals surface area contributed by atoms with Crippen molar-refractivity contribution >= 4 is 35.0 Å². The Kier molecular flexibility index (Phi) is 7.24. The van der Waals surface area contributed by atoms with Crippen molar-refractivity contribution in [1.82, 2.24) is 4.98 Å². The summed E-state index contributed by atoms with van der Waals surface area (Å²) < 4.78 is 10.5. The molecule has 0 saturated heterocycles. The number of aromatic nitrogens is 1. The molecule has 0 saturated carbocycles. The molecule has 1 aromatic heterocycles. The zero-order chi connectivity index (χ0) is 20.8. The Labute approximate surface area is 179 Å². The van der Waals surface area contributed by atoms with Crippen molar-refractivity contribution < 1.29 is 14.3 Å². The molecule has 1 aliphatic rings. The van der Waals surface area contributed by atoms with E-state index in [1.54, 1.807) is 12.1 Å². The lowest BCUT2D eigenvalue weighted by molar-refractivity contribution is -0.113. The number of pyridine rings is 1. The number of benzene rings is 1. The van der Waals surface area contributed by atoms with E-state index in [1.165, 1.54) is 32.4 Å². The highest BCUT2D eigenvalue weighted by Gasteiger charge is 2.17. The van der Waals surface area contributed by atoms with Crippen LogP contribution in [0.3, 0.4) is 0 Å². The number of fused-ring (bicyclic) bond motifs is 1. The summed E-state index contributed by atoms with van der Waals surface area (Å²) in [4.78, 5) is 17.2. The van der Waals surface area contributed by atoms with Crippen LogP contribution in [0.5, 0.6) is 11.5 Å². The molecule has 3 rings (SSSR count). The second-order valence-corrected chi connectivity index (χ2v) is 8.01. The third-order valence-electron chi connectivity index (χ3n) is 4.72. The van der Waals surface area contributed by atoms with Gasteiger partial charge in [0, 0.05) is 11.8 Å². The maximum Gasteiger partial charge on any atom is 0.234 e. The molecule has 0 atom stereocenters. The highest BCUT2D eigenvalue weighted by Crippen LogP contribution is 2.36. The lowest BCUT2D eigenvalue weighted by Gasteiger charge is -2.13. The summed E-state index contributed by atoms with van der Waals surface area (Å²) in [6.45, 7) is 0. The van der Waals surface area contributed by atoms with Crippen molar-refractivity contribution in [2.75, 3.05) is 25.3 Å². The Hall–Kier alpha value is -2.43. The molecular weight excluding hydrogens is 410 g/mol. The fourth-order valence-electron chi connectivity index (χ4n) is 3.26. The fraction of sp³-hybridized carbons (Fsp3) is 0.381. The first-order chi connectivity index (χ1) is 14.0. The summed E-state index contributed by atoms with van der Waals surface area (Å²) in [5.74, 6) is 0.789. The number of anilines is 1. The quantitative estimate of drug-likeness (QED) is 0.530. The lowest BCUT2D eigenvalue weighted by atomic mass is 10.1. The zero-order valence-electron chi connectivity index (χ0n) is 16.4. The van der Waals surface area contributed by atoms with Crippen molar-refractivity contribution in [3.63, 3.8) is 0 Å². The number of aryl methyl sites for hydroxylation is 2. The molecule has 0 unspecified atom stereocenters. The van der Waals surface area contributed by atoms with Gasteiger partial charge in [0.25, 0.3) is 0 Å². The monoisotopic (exact) mass is 431 g/mol. The van der Waals surface area contributed by atoms with Gasteiger partial charge in [0.15, 0.2) is 0 Å². The third kappa shape index (κ3) is 5.14. The molecule has 0 bridgehead atoms. The second-order valence-electron chi connectivity index (χ2n) is 6.64. The van der Waals surface area contributed by atoms with Crippen LogP contribution in [0, 0.1) is 11.3 Å². The number of rotatable bonds is 6. The number of nitrogens with one attached hydrogen (secondary N) is 1. The van der Waals surface area contributed by atoms with Crippen LogP contribution in [0.2, 0.25) is 5.02 Å². The van der Waals surface area contributed by atoms with Gasteiger partial charge >= 0.3 is 0 Å². The van der Waals surface area contributed by atoms with Crippen molar-refractivity contribution in [3.8, 4) is 17.6 Å². The number of hydrogen-bond acceptors (Lipinski definition) is 6. The van der Waals surface area contributed by atoms with E-state index in [0.29, 0.717) is 32.8 Å². The molecule has 2 aromatic rings. The molecule has 152 valence electrons. The molecular formula is C21H22ClN3O3S. The van der Waals surface area contributed by atoms with Crippen molar-refractivity contribution in [2.45, 2.75) is 37.1 Å². The van der Waals surface area contributed by atoms with Crippen LogP contribution < -0.4 is 14.8 Å². The van der Waals surface area contributed by atoms with Gasteiger partial charge in [0.05, 0.1) is 36.2 Å². The Balaban J connectivity index is 1.72. The molecule has 0 spiro atoms. The Morgan fingerprint density at radius 2 is 1.97 bits per heavy atom. The number of amides is 1. The van der Waals surface area contributed by atoms with E-state index >= 15 is 0 Å². The standard InChI is InChI=1S/C21H22ClN3O3S/c1-27-18-10-19(28-2)17(9-15(18)22)24-20(26)12-29-21-14(11-23)8-13-6-4-3-5-7-16(13)25-21/h8-10H,3-7,12H2,1-2H3,(H,24,26). The van der Waals surface area contributed by atoms with Crippen LogP contribution in [-0.2, 0) is 17.6 Å². The first-order valence-electron chi connectivity index (χ1n) is 9.32. The van der Waals surface area contributed by atoms with Gasteiger partial charge in [-0.1, -0.05) is 29.8 Å². The highest BCUT2D eigenvalue weighted by molar-refractivity contribution is 8.00. The Bertz CT molecular complexity index is 959. The first-order valence-corrected chi connectivity index (χ1v) is 10.7.